The molecule has 0 saturated carbocycles. The summed E-state index contributed by atoms with van der Waals surface area (Å²) in [6.07, 6.45) is 7.73. The molecule has 0 spiro atoms. The van der Waals surface area contributed by atoms with Crippen molar-refractivity contribution in [3.63, 3.8) is 0 Å². The maximum atomic E-state index is 5.55. The summed E-state index contributed by atoms with van der Waals surface area (Å²) >= 11 is 0. The highest BCUT2D eigenvalue weighted by Crippen LogP contribution is 2.12. The summed E-state index contributed by atoms with van der Waals surface area (Å²) in [5.41, 5.74) is 8.35. The van der Waals surface area contributed by atoms with Gasteiger partial charge in [0.2, 0.25) is 0 Å². The van der Waals surface area contributed by atoms with Gasteiger partial charge in [-0.3, -0.25) is 4.90 Å². The van der Waals surface area contributed by atoms with E-state index in [4.69, 9.17) is 5.73 Å². The summed E-state index contributed by atoms with van der Waals surface area (Å²) in [4.78, 5) is 2.57. The van der Waals surface area contributed by atoms with Gasteiger partial charge in [-0.2, -0.15) is 0 Å². The molecule has 0 amide bonds. The van der Waals surface area contributed by atoms with Gasteiger partial charge in [0, 0.05) is 13.1 Å². The Morgan fingerprint density at radius 1 is 0.583 bits per heavy atom. The highest BCUT2D eigenvalue weighted by Gasteiger charge is 2.07. The summed E-state index contributed by atoms with van der Waals surface area (Å²) in [7, 11) is 0. The molecule has 0 heterocycles. The predicted octanol–water partition coefficient (Wildman–Crippen LogP) is 4.99. The standard InChI is InChI=1S/C22H32N2/c23-17-11-3-1-2-4-12-18-24(19-21-13-7-5-8-14-21)20-22-15-9-6-10-16-22/h5-10,13-16H,1-4,11-12,17-20,23H2. The van der Waals surface area contributed by atoms with Crippen molar-refractivity contribution in [1.29, 1.82) is 0 Å². The molecule has 2 aromatic carbocycles. The first kappa shape index (κ1) is 18.7. The lowest BCUT2D eigenvalue weighted by molar-refractivity contribution is 0.250. The summed E-state index contributed by atoms with van der Waals surface area (Å²) < 4.78 is 0. The molecule has 2 heteroatoms. The van der Waals surface area contributed by atoms with Gasteiger partial charge in [0.05, 0.1) is 0 Å². The smallest absolute Gasteiger partial charge is 0.0237 e. The van der Waals surface area contributed by atoms with Crippen LogP contribution in [0.25, 0.3) is 0 Å². The third-order valence-electron chi connectivity index (χ3n) is 4.43. The van der Waals surface area contributed by atoms with Gasteiger partial charge in [0.25, 0.3) is 0 Å². The molecule has 2 rings (SSSR count). The number of nitrogens with zero attached hydrogens (tertiary/aromatic N) is 1. The number of rotatable bonds is 12. The molecule has 0 atom stereocenters. The van der Waals surface area contributed by atoms with Gasteiger partial charge in [-0.1, -0.05) is 86.3 Å². The number of hydrogen-bond acceptors (Lipinski definition) is 2. The number of benzene rings is 2. The zero-order valence-corrected chi connectivity index (χ0v) is 14.9. The molecular formula is C22H32N2. The molecule has 0 aliphatic rings. The lowest BCUT2D eigenvalue weighted by Gasteiger charge is -2.22. The first-order valence-corrected chi connectivity index (χ1v) is 9.39. The van der Waals surface area contributed by atoms with Crippen LogP contribution in [-0.2, 0) is 13.1 Å². The van der Waals surface area contributed by atoms with E-state index < -0.39 is 0 Å². The van der Waals surface area contributed by atoms with Crippen LogP contribution in [0.5, 0.6) is 0 Å². The van der Waals surface area contributed by atoms with Crippen LogP contribution in [0.4, 0.5) is 0 Å². The van der Waals surface area contributed by atoms with Crippen LogP contribution in [-0.4, -0.2) is 18.0 Å². The predicted molar refractivity (Wildman–Crippen MR) is 104 cm³/mol. The van der Waals surface area contributed by atoms with Crippen molar-refractivity contribution in [2.75, 3.05) is 13.1 Å². The Balaban J connectivity index is 1.79. The van der Waals surface area contributed by atoms with Gasteiger partial charge in [-0.15, -0.1) is 0 Å². The van der Waals surface area contributed by atoms with Gasteiger partial charge < -0.3 is 5.73 Å². The first-order chi connectivity index (χ1) is 11.9. The van der Waals surface area contributed by atoms with Crippen LogP contribution >= 0.6 is 0 Å². The van der Waals surface area contributed by atoms with Crippen LogP contribution < -0.4 is 5.73 Å². The highest BCUT2D eigenvalue weighted by atomic mass is 15.1. The molecule has 0 radical (unpaired) electrons. The Kier molecular flexibility index (Phi) is 9.21. The van der Waals surface area contributed by atoms with E-state index >= 15 is 0 Å². The van der Waals surface area contributed by atoms with Crippen molar-refractivity contribution in [2.45, 2.75) is 51.6 Å². The lowest BCUT2D eigenvalue weighted by Crippen LogP contribution is -2.24. The quantitative estimate of drug-likeness (QED) is 0.557. The van der Waals surface area contributed by atoms with Crippen LogP contribution in [0.3, 0.4) is 0 Å². The normalized spacial score (nSPS) is 11.1. The Labute approximate surface area is 147 Å². The molecule has 130 valence electrons. The topological polar surface area (TPSA) is 29.3 Å². The SMILES string of the molecule is NCCCCCCCCN(Cc1ccccc1)Cc1ccccc1. The third-order valence-corrected chi connectivity index (χ3v) is 4.43. The molecule has 2 N–H and O–H groups in total. The highest BCUT2D eigenvalue weighted by molar-refractivity contribution is 5.17. The molecule has 24 heavy (non-hydrogen) atoms. The van der Waals surface area contributed by atoms with Crippen molar-refractivity contribution >= 4 is 0 Å². The maximum absolute atomic E-state index is 5.55. The van der Waals surface area contributed by atoms with Gasteiger partial charge in [0.15, 0.2) is 0 Å². The molecule has 0 aliphatic heterocycles. The van der Waals surface area contributed by atoms with Crippen molar-refractivity contribution < 1.29 is 0 Å². The Morgan fingerprint density at radius 2 is 1.04 bits per heavy atom. The molecule has 2 nitrogen and oxygen atoms in total. The molecule has 2 aromatic rings. The van der Waals surface area contributed by atoms with Crippen molar-refractivity contribution in [2.24, 2.45) is 5.73 Å². The molecule has 0 bridgehead atoms. The van der Waals surface area contributed by atoms with E-state index in [0.717, 1.165) is 19.6 Å². The molecule has 0 aromatic heterocycles. The van der Waals surface area contributed by atoms with Crippen LogP contribution in [0.1, 0.15) is 49.7 Å². The number of unbranched alkanes of at least 4 members (excludes halogenated alkanes) is 5. The van der Waals surface area contributed by atoms with Crippen LogP contribution in [0.15, 0.2) is 60.7 Å². The average molecular weight is 325 g/mol. The minimum absolute atomic E-state index is 0.835. The van der Waals surface area contributed by atoms with E-state index in [1.54, 1.807) is 0 Å². The second-order valence-electron chi connectivity index (χ2n) is 6.59. The minimum Gasteiger partial charge on any atom is -0.330 e. The Morgan fingerprint density at radius 3 is 1.54 bits per heavy atom. The van der Waals surface area contributed by atoms with Gasteiger partial charge in [0.1, 0.15) is 0 Å². The fourth-order valence-corrected chi connectivity index (χ4v) is 3.08. The van der Waals surface area contributed by atoms with E-state index in [0.29, 0.717) is 0 Å². The van der Waals surface area contributed by atoms with E-state index in [9.17, 15) is 0 Å². The zero-order chi connectivity index (χ0) is 16.9. The van der Waals surface area contributed by atoms with Gasteiger partial charge in [-0.05, 0) is 37.1 Å². The van der Waals surface area contributed by atoms with Crippen LogP contribution in [0.2, 0.25) is 0 Å². The fraction of sp³-hybridized carbons (Fsp3) is 0.455. The molecule has 0 fully saturated rings. The van der Waals surface area contributed by atoms with Crippen molar-refractivity contribution in [1.82, 2.24) is 4.90 Å². The Bertz CT molecular complexity index is 483. The summed E-state index contributed by atoms with van der Waals surface area (Å²) in [6.45, 7) is 4.06. The molecular weight excluding hydrogens is 292 g/mol. The monoisotopic (exact) mass is 324 g/mol. The van der Waals surface area contributed by atoms with E-state index in [2.05, 4.69) is 65.6 Å². The van der Waals surface area contributed by atoms with E-state index in [-0.39, 0.29) is 0 Å². The van der Waals surface area contributed by atoms with Crippen molar-refractivity contribution in [3.05, 3.63) is 71.8 Å². The molecule has 0 aliphatic carbocycles. The molecule has 0 saturated heterocycles. The average Bonchev–Trinajstić information content (AvgIpc) is 2.62. The summed E-state index contributed by atoms with van der Waals surface area (Å²) in [5.74, 6) is 0. The van der Waals surface area contributed by atoms with Gasteiger partial charge in [-0.25, -0.2) is 0 Å². The zero-order valence-electron chi connectivity index (χ0n) is 14.9. The van der Waals surface area contributed by atoms with Gasteiger partial charge >= 0.3 is 0 Å². The summed E-state index contributed by atoms with van der Waals surface area (Å²) in [6, 6.07) is 21.6. The second kappa shape index (κ2) is 11.8. The maximum Gasteiger partial charge on any atom is 0.0237 e. The fourth-order valence-electron chi connectivity index (χ4n) is 3.08. The molecule has 0 unspecified atom stereocenters. The second-order valence-corrected chi connectivity index (χ2v) is 6.59. The first-order valence-electron chi connectivity index (χ1n) is 9.39. The number of nitrogens with two attached hydrogens (primary N) is 1. The largest absolute Gasteiger partial charge is 0.330 e. The summed E-state index contributed by atoms with van der Waals surface area (Å²) in [5, 5.41) is 0. The minimum atomic E-state index is 0.835. The van der Waals surface area contributed by atoms with E-state index in [1.807, 2.05) is 0 Å². The van der Waals surface area contributed by atoms with E-state index in [1.165, 1.54) is 56.2 Å². The Hall–Kier alpha value is -1.64. The number of hydrogen-bond donors (Lipinski definition) is 1. The van der Waals surface area contributed by atoms with Crippen molar-refractivity contribution in [3.8, 4) is 0 Å². The lowest BCUT2D eigenvalue weighted by atomic mass is 10.1. The van der Waals surface area contributed by atoms with Crippen LogP contribution in [0, 0.1) is 0 Å². The third kappa shape index (κ3) is 7.76.